The maximum absolute atomic E-state index is 11.3. The Hall–Kier alpha value is -1.65. The molecule has 102 valence electrons. The Kier molecular flexibility index (Phi) is 4.02. The molecule has 0 bridgehead atoms. The van der Waals surface area contributed by atoms with Crippen molar-refractivity contribution in [2.24, 2.45) is 0 Å². The highest BCUT2D eigenvalue weighted by Gasteiger charge is 2.24. The van der Waals surface area contributed by atoms with E-state index in [9.17, 15) is 8.42 Å². The average Bonchev–Trinajstić information content (AvgIpc) is 2.37. The summed E-state index contributed by atoms with van der Waals surface area (Å²) in [5, 5.41) is 9.07. The van der Waals surface area contributed by atoms with Gasteiger partial charge < -0.3 is 4.90 Å². The standard InChI is InChI=1S/C12H16N4O2S/c1-19(17,18)15-11-5-3-7-16(9-11)12-10(8-13)4-2-6-14-12/h2,4,6,11,15H,3,5,7,9H2,1H3. The van der Waals surface area contributed by atoms with Crippen LogP contribution in [0.3, 0.4) is 0 Å². The van der Waals surface area contributed by atoms with Crippen molar-refractivity contribution in [2.45, 2.75) is 18.9 Å². The van der Waals surface area contributed by atoms with Crippen molar-refractivity contribution >= 4 is 15.8 Å². The van der Waals surface area contributed by atoms with Gasteiger partial charge in [-0.05, 0) is 25.0 Å². The number of nitriles is 1. The third-order valence-corrected chi connectivity index (χ3v) is 3.77. The van der Waals surface area contributed by atoms with Crippen molar-refractivity contribution in [3.05, 3.63) is 23.9 Å². The average molecular weight is 280 g/mol. The summed E-state index contributed by atoms with van der Waals surface area (Å²) >= 11 is 0. The first-order valence-electron chi connectivity index (χ1n) is 6.07. The lowest BCUT2D eigenvalue weighted by Crippen LogP contribution is -2.47. The van der Waals surface area contributed by atoms with Gasteiger partial charge in [0.2, 0.25) is 10.0 Å². The van der Waals surface area contributed by atoms with Crippen LogP contribution in [0.4, 0.5) is 5.82 Å². The van der Waals surface area contributed by atoms with E-state index in [-0.39, 0.29) is 6.04 Å². The van der Waals surface area contributed by atoms with Crippen LogP contribution in [0.5, 0.6) is 0 Å². The van der Waals surface area contributed by atoms with E-state index in [0.717, 1.165) is 25.6 Å². The molecule has 0 amide bonds. The number of rotatable bonds is 3. The minimum Gasteiger partial charge on any atom is -0.354 e. The summed E-state index contributed by atoms with van der Waals surface area (Å²) in [7, 11) is -3.21. The summed E-state index contributed by atoms with van der Waals surface area (Å²) in [4.78, 5) is 6.19. The fourth-order valence-electron chi connectivity index (χ4n) is 2.30. The molecule has 0 saturated carbocycles. The summed E-state index contributed by atoms with van der Waals surface area (Å²) in [5.41, 5.74) is 0.516. The van der Waals surface area contributed by atoms with Gasteiger partial charge >= 0.3 is 0 Å². The predicted molar refractivity (Wildman–Crippen MR) is 72.2 cm³/mol. The van der Waals surface area contributed by atoms with Gasteiger partial charge in [0.05, 0.1) is 11.8 Å². The van der Waals surface area contributed by atoms with Crippen LogP contribution in [-0.4, -0.2) is 38.8 Å². The molecule has 1 atom stereocenters. The molecule has 2 rings (SSSR count). The van der Waals surface area contributed by atoms with Gasteiger partial charge in [-0.1, -0.05) is 0 Å². The van der Waals surface area contributed by atoms with E-state index in [0.29, 0.717) is 17.9 Å². The molecule has 6 nitrogen and oxygen atoms in total. The number of nitrogens with one attached hydrogen (secondary N) is 1. The Morgan fingerprint density at radius 2 is 2.37 bits per heavy atom. The Morgan fingerprint density at radius 3 is 3.05 bits per heavy atom. The van der Waals surface area contributed by atoms with E-state index in [1.54, 1.807) is 18.3 Å². The highest BCUT2D eigenvalue weighted by molar-refractivity contribution is 7.88. The van der Waals surface area contributed by atoms with E-state index >= 15 is 0 Å². The highest BCUT2D eigenvalue weighted by atomic mass is 32.2. The van der Waals surface area contributed by atoms with Crippen LogP contribution in [0.1, 0.15) is 18.4 Å². The van der Waals surface area contributed by atoms with E-state index in [2.05, 4.69) is 15.8 Å². The van der Waals surface area contributed by atoms with Crippen molar-refractivity contribution in [2.75, 3.05) is 24.2 Å². The number of piperidine rings is 1. The smallest absolute Gasteiger partial charge is 0.209 e. The summed E-state index contributed by atoms with van der Waals surface area (Å²) in [5.74, 6) is 0.630. The molecule has 1 N–H and O–H groups in total. The lowest BCUT2D eigenvalue weighted by atomic mass is 10.1. The van der Waals surface area contributed by atoms with Crippen LogP contribution in [0.25, 0.3) is 0 Å². The molecule has 19 heavy (non-hydrogen) atoms. The van der Waals surface area contributed by atoms with Crippen molar-refractivity contribution < 1.29 is 8.42 Å². The van der Waals surface area contributed by atoms with Gasteiger partial charge in [-0.25, -0.2) is 18.1 Å². The summed E-state index contributed by atoms with van der Waals surface area (Å²) < 4.78 is 25.2. The van der Waals surface area contributed by atoms with Gasteiger partial charge in [0.1, 0.15) is 11.9 Å². The maximum atomic E-state index is 11.3. The van der Waals surface area contributed by atoms with Crippen LogP contribution in [0.2, 0.25) is 0 Å². The van der Waals surface area contributed by atoms with Crippen molar-refractivity contribution in [3.8, 4) is 6.07 Å². The van der Waals surface area contributed by atoms with Crippen LogP contribution in [0, 0.1) is 11.3 Å². The zero-order valence-corrected chi connectivity index (χ0v) is 11.5. The number of hydrogen-bond acceptors (Lipinski definition) is 5. The van der Waals surface area contributed by atoms with Gasteiger partial charge in [-0.15, -0.1) is 0 Å². The minimum absolute atomic E-state index is 0.128. The van der Waals surface area contributed by atoms with Gasteiger partial charge in [0, 0.05) is 25.3 Å². The van der Waals surface area contributed by atoms with E-state index < -0.39 is 10.0 Å². The Balaban J connectivity index is 2.15. The van der Waals surface area contributed by atoms with Gasteiger partial charge in [-0.3, -0.25) is 0 Å². The molecule has 7 heteroatoms. The lowest BCUT2D eigenvalue weighted by molar-refractivity contribution is 0.465. The molecule has 0 aromatic carbocycles. The molecule has 0 spiro atoms. The first-order chi connectivity index (χ1) is 8.99. The predicted octanol–water partition coefficient (Wildman–Crippen LogP) is 0.471. The third-order valence-electron chi connectivity index (χ3n) is 3.01. The topological polar surface area (TPSA) is 86.1 Å². The van der Waals surface area contributed by atoms with Crippen molar-refractivity contribution in [3.63, 3.8) is 0 Å². The number of nitrogens with zero attached hydrogens (tertiary/aromatic N) is 3. The molecular formula is C12H16N4O2S. The summed E-state index contributed by atoms with van der Waals surface area (Å²) in [6, 6.07) is 5.42. The SMILES string of the molecule is CS(=O)(=O)NC1CCCN(c2ncccc2C#N)C1. The van der Waals surface area contributed by atoms with E-state index in [4.69, 9.17) is 5.26 Å². The second-order valence-corrected chi connectivity index (χ2v) is 6.44. The largest absolute Gasteiger partial charge is 0.354 e. The molecule has 1 aromatic rings. The summed E-state index contributed by atoms with van der Waals surface area (Å²) in [6.45, 7) is 1.33. The quantitative estimate of drug-likeness (QED) is 0.870. The number of anilines is 1. The number of aromatic nitrogens is 1. The monoisotopic (exact) mass is 280 g/mol. The second kappa shape index (κ2) is 5.55. The van der Waals surface area contributed by atoms with E-state index in [1.807, 2.05) is 4.90 Å². The zero-order chi connectivity index (χ0) is 13.9. The normalized spacial score (nSPS) is 20.0. The van der Waals surface area contributed by atoms with Crippen molar-refractivity contribution in [1.29, 1.82) is 5.26 Å². The van der Waals surface area contributed by atoms with Gasteiger partial charge in [-0.2, -0.15) is 5.26 Å². The fraction of sp³-hybridized carbons (Fsp3) is 0.500. The third kappa shape index (κ3) is 3.66. The molecular weight excluding hydrogens is 264 g/mol. The van der Waals surface area contributed by atoms with Gasteiger partial charge in [0.15, 0.2) is 0 Å². The van der Waals surface area contributed by atoms with Crippen LogP contribution in [0.15, 0.2) is 18.3 Å². The first kappa shape index (κ1) is 13.8. The number of sulfonamides is 1. The Bertz CT molecular complexity index is 594. The molecule has 2 heterocycles. The lowest BCUT2D eigenvalue weighted by Gasteiger charge is -2.33. The van der Waals surface area contributed by atoms with Crippen molar-refractivity contribution in [1.82, 2.24) is 9.71 Å². The molecule has 1 unspecified atom stereocenters. The Morgan fingerprint density at radius 1 is 1.58 bits per heavy atom. The number of pyridine rings is 1. The molecule has 0 aliphatic carbocycles. The molecule has 1 aliphatic rings. The second-order valence-electron chi connectivity index (χ2n) is 4.66. The maximum Gasteiger partial charge on any atom is 0.209 e. The molecule has 1 fully saturated rings. The molecule has 1 aliphatic heterocycles. The minimum atomic E-state index is -3.21. The zero-order valence-electron chi connectivity index (χ0n) is 10.7. The Labute approximate surface area is 113 Å². The van der Waals surface area contributed by atoms with E-state index in [1.165, 1.54) is 0 Å². The first-order valence-corrected chi connectivity index (χ1v) is 7.96. The van der Waals surface area contributed by atoms with Crippen LogP contribution >= 0.6 is 0 Å². The molecule has 0 radical (unpaired) electrons. The summed E-state index contributed by atoms with van der Waals surface area (Å²) in [6.07, 6.45) is 4.48. The molecule has 1 saturated heterocycles. The van der Waals surface area contributed by atoms with Gasteiger partial charge in [0.25, 0.3) is 0 Å². The fourth-order valence-corrected chi connectivity index (χ4v) is 3.10. The van der Waals surface area contributed by atoms with Crippen LogP contribution in [-0.2, 0) is 10.0 Å². The number of hydrogen-bond donors (Lipinski definition) is 1. The van der Waals surface area contributed by atoms with Crippen LogP contribution < -0.4 is 9.62 Å². The highest BCUT2D eigenvalue weighted by Crippen LogP contribution is 2.21. The molecule has 1 aromatic heterocycles.